The number of carboxylic acid groups (broad SMARTS) is 1. The number of ether oxygens (including phenoxy) is 1. The predicted octanol–water partition coefficient (Wildman–Crippen LogP) is 3.34. The Labute approximate surface area is 184 Å². The van der Waals surface area contributed by atoms with Gasteiger partial charge in [0.15, 0.2) is 5.82 Å². The number of hydrogen-bond donors (Lipinski definition) is 2. The fraction of sp³-hybridized carbons (Fsp3) is 0.350. The first-order valence-electron chi connectivity index (χ1n) is 9.29. The average molecular weight is 474 g/mol. The molecule has 2 aliphatic heterocycles. The van der Waals surface area contributed by atoms with Gasteiger partial charge in [-0.15, -0.1) is 11.8 Å². The maximum absolute atomic E-state index is 13.7. The van der Waals surface area contributed by atoms with Crippen LogP contribution in [0.5, 0.6) is 11.6 Å². The Morgan fingerprint density at radius 1 is 1.22 bits per heavy atom. The van der Waals surface area contributed by atoms with E-state index in [2.05, 4.69) is 4.98 Å². The standard InChI is InChI=1S/C18H17FN2O3S.C2HF3O2/c19-15-5-2-6-20-16(15)24-14-8-18(25-9-14)10-21(11-18)17(23)12-3-1-4-13(22)7-12;3-2(4,5)1(6)7/h1-7,14,22H,8-11H2;(H,6,7). The maximum Gasteiger partial charge on any atom is 0.490 e. The summed E-state index contributed by atoms with van der Waals surface area (Å²) in [4.78, 5) is 27.0. The van der Waals surface area contributed by atoms with E-state index >= 15 is 0 Å². The number of rotatable bonds is 3. The number of alkyl halides is 3. The predicted molar refractivity (Wildman–Crippen MR) is 106 cm³/mol. The Bertz CT molecular complexity index is 998. The Morgan fingerprint density at radius 3 is 2.50 bits per heavy atom. The van der Waals surface area contributed by atoms with Crippen molar-refractivity contribution < 1.29 is 42.1 Å². The summed E-state index contributed by atoms with van der Waals surface area (Å²) in [7, 11) is 0. The van der Waals surface area contributed by atoms with Crippen molar-refractivity contribution in [2.45, 2.75) is 23.4 Å². The first kappa shape index (κ1) is 23.6. The lowest BCUT2D eigenvalue weighted by Crippen LogP contribution is -2.60. The van der Waals surface area contributed by atoms with E-state index < -0.39 is 18.0 Å². The minimum atomic E-state index is -5.08. The van der Waals surface area contributed by atoms with Crippen molar-refractivity contribution in [1.82, 2.24) is 9.88 Å². The third-order valence-electron chi connectivity index (χ3n) is 4.76. The fourth-order valence-electron chi connectivity index (χ4n) is 3.33. The second kappa shape index (κ2) is 9.23. The summed E-state index contributed by atoms with van der Waals surface area (Å²) < 4.78 is 51.1. The highest BCUT2D eigenvalue weighted by atomic mass is 32.2. The van der Waals surface area contributed by atoms with Crippen LogP contribution in [-0.2, 0) is 4.79 Å². The molecule has 2 saturated heterocycles. The van der Waals surface area contributed by atoms with Crippen molar-refractivity contribution in [3.05, 3.63) is 54.0 Å². The largest absolute Gasteiger partial charge is 0.508 e. The van der Waals surface area contributed by atoms with Gasteiger partial charge in [-0.25, -0.2) is 14.2 Å². The van der Waals surface area contributed by atoms with Crippen LogP contribution in [0.2, 0.25) is 0 Å². The Balaban J connectivity index is 0.000000360. The lowest BCUT2D eigenvalue weighted by Gasteiger charge is -2.47. The van der Waals surface area contributed by atoms with Gasteiger partial charge in [-0.1, -0.05) is 6.07 Å². The Hall–Kier alpha value is -3.02. The zero-order chi connectivity index (χ0) is 23.5. The van der Waals surface area contributed by atoms with Crippen LogP contribution < -0.4 is 4.74 Å². The monoisotopic (exact) mass is 474 g/mol. The second-order valence-electron chi connectivity index (χ2n) is 7.24. The van der Waals surface area contributed by atoms with Crippen LogP contribution in [0.1, 0.15) is 16.8 Å². The number of amides is 1. The zero-order valence-electron chi connectivity index (χ0n) is 16.4. The van der Waals surface area contributed by atoms with Gasteiger partial charge < -0.3 is 19.8 Å². The number of nitrogens with zero attached hydrogens (tertiary/aromatic N) is 2. The average Bonchev–Trinajstić information content (AvgIpc) is 3.12. The van der Waals surface area contributed by atoms with Crippen LogP contribution in [0, 0.1) is 5.82 Å². The Morgan fingerprint density at radius 2 is 1.91 bits per heavy atom. The van der Waals surface area contributed by atoms with Gasteiger partial charge in [-0.3, -0.25) is 4.79 Å². The lowest BCUT2D eigenvalue weighted by molar-refractivity contribution is -0.192. The third kappa shape index (κ3) is 5.61. The van der Waals surface area contributed by atoms with Crippen LogP contribution in [0.15, 0.2) is 42.6 Å². The van der Waals surface area contributed by atoms with E-state index in [0.29, 0.717) is 18.7 Å². The van der Waals surface area contributed by atoms with Gasteiger partial charge in [-0.05, 0) is 30.3 Å². The lowest BCUT2D eigenvalue weighted by atomic mass is 9.92. The summed E-state index contributed by atoms with van der Waals surface area (Å²) in [6, 6.07) is 9.24. The van der Waals surface area contributed by atoms with Crippen LogP contribution in [0.3, 0.4) is 0 Å². The topological polar surface area (TPSA) is 100.0 Å². The minimum Gasteiger partial charge on any atom is -0.508 e. The molecule has 1 amide bonds. The number of thioether (sulfide) groups is 1. The van der Waals surface area contributed by atoms with Gasteiger partial charge in [0.25, 0.3) is 11.8 Å². The molecular formula is C20H18F4N2O5S. The smallest absolute Gasteiger partial charge is 0.490 e. The number of pyridine rings is 1. The molecule has 2 aliphatic rings. The van der Waals surface area contributed by atoms with Gasteiger partial charge in [0.05, 0.1) is 4.75 Å². The summed E-state index contributed by atoms with van der Waals surface area (Å²) >= 11 is 1.77. The van der Waals surface area contributed by atoms with Crippen molar-refractivity contribution >= 4 is 23.6 Å². The van der Waals surface area contributed by atoms with Gasteiger partial charge in [-0.2, -0.15) is 13.2 Å². The summed E-state index contributed by atoms with van der Waals surface area (Å²) in [5.74, 6) is -2.42. The summed E-state index contributed by atoms with van der Waals surface area (Å²) in [5.41, 5.74) is 0.487. The maximum atomic E-state index is 13.7. The number of aromatic hydroxyl groups is 1. The van der Waals surface area contributed by atoms with E-state index in [4.69, 9.17) is 14.6 Å². The van der Waals surface area contributed by atoms with Crippen LogP contribution in [0.25, 0.3) is 0 Å². The number of benzene rings is 1. The quantitative estimate of drug-likeness (QED) is 0.659. The number of phenolic OH excluding ortho intramolecular Hbond substituents is 1. The molecular weight excluding hydrogens is 456 g/mol. The van der Waals surface area contributed by atoms with Crippen LogP contribution in [-0.4, -0.2) is 67.8 Å². The molecule has 12 heteroatoms. The SMILES string of the molecule is O=C(O)C(F)(F)F.O=C(c1cccc(O)c1)N1CC2(CC(Oc3ncccc3F)CS2)C1. The molecule has 32 heavy (non-hydrogen) atoms. The summed E-state index contributed by atoms with van der Waals surface area (Å²) in [5, 5.41) is 16.6. The van der Waals surface area contributed by atoms with Crippen LogP contribution in [0.4, 0.5) is 17.6 Å². The number of hydrogen-bond acceptors (Lipinski definition) is 6. The van der Waals surface area contributed by atoms with E-state index in [1.54, 1.807) is 34.9 Å². The first-order valence-corrected chi connectivity index (χ1v) is 10.3. The minimum absolute atomic E-state index is 0.0254. The second-order valence-corrected chi connectivity index (χ2v) is 8.73. The van der Waals surface area contributed by atoms with Crippen molar-refractivity contribution in [1.29, 1.82) is 0 Å². The molecule has 1 aromatic heterocycles. The van der Waals surface area contributed by atoms with E-state index in [1.165, 1.54) is 24.4 Å². The molecule has 2 aromatic rings. The molecule has 1 unspecified atom stereocenters. The summed E-state index contributed by atoms with van der Waals surface area (Å²) in [6.07, 6.45) is -2.92. The number of likely N-dealkylation sites (tertiary alicyclic amines) is 1. The molecule has 0 radical (unpaired) electrons. The number of carbonyl (C=O) groups excluding carboxylic acids is 1. The normalized spacial score (nSPS) is 19.0. The van der Waals surface area contributed by atoms with Gasteiger partial charge >= 0.3 is 12.1 Å². The van der Waals surface area contributed by atoms with Crippen LogP contribution >= 0.6 is 11.8 Å². The molecule has 3 heterocycles. The van der Waals surface area contributed by atoms with Crippen molar-refractivity contribution in [2.75, 3.05) is 18.8 Å². The molecule has 0 saturated carbocycles. The highest BCUT2D eigenvalue weighted by Gasteiger charge is 2.51. The number of aliphatic carboxylic acids is 1. The third-order valence-corrected chi connectivity index (χ3v) is 6.33. The van der Waals surface area contributed by atoms with E-state index in [1.807, 2.05) is 0 Å². The number of carboxylic acids is 1. The Kier molecular flexibility index (Phi) is 6.82. The van der Waals surface area contributed by atoms with E-state index in [9.17, 15) is 27.5 Å². The molecule has 1 atom stereocenters. The van der Waals surface area contributed by atoms with Gasteiger partial charge in [0, 0.05) is 37.0 Å². The van der Waals surface area contributed by atoms with Gasteiger partial charge in [0.1, 0.15) is 11.9 Å². The number of aromatic nitrogens is 1. The molecule has 4 rings (SSSR count). The fourth-order valence-corrected chi connectivity index (χ4v) is 4.85. The molecule has 0 bridgehead atoms. The first-order chi connectivity index (χ1) is 15.0. The molecule has 7 nitrogen and oxygen atoms in total. The van der Waals surface area contributed by atoms with Crippen molar-refractivity contribution in [2.24, 2.45) is 0 Å². The van der Waals surface area contributed by atoms with E-state index in [0.717, 1.165) is 12.2 Å². The molecule has 1 spiro atoms. The highest BCUT2D eigenvalue weighted by Crippen LogP contribution is 2.46. The molecule has 2 fully saturated rings. The number of halogens is 4. The number of carbonyl (C=O) groups is 2. The van der Waals surface area contributed by atoms with Crippen molar-refractivity contribution in [3.8, 4) is 11.6 Å². The molecule has 2 N–H and O–H groups in total. The number of phenols is 1. The molecule has 0 aliphatic carbocycles. The van der Waals surface area contributed by atoms with Gasteiger partial charge in [0.2, 0.25) is 0 Å². The highest BCUT2D eigenvalue weighted by molar-refractivity contribution is 8.01. The van der Waals surface area contributed by atoms with E-state index in [-0.39, 0.29) is 28.4 Å². The van der Waals surface area contributed by atoms with Crippen molar-refractivity contribution in [3.63, 3.8) is 0 Å². The molecule has 1 aromatic carbocycles. The molecule has 172 valence electrons. The zero-order valence-corrected chi connectivity index (χ0v) is 17.2. The summed E-state index contributed by atoms with van der Waals surface area (Å²) in [6.45, 7) is 1.27.